The van der Waals surface area contributed by atoms with Gasteiger partial charge in [0.1, 0.15) is 0 Å². The summed E-state index contributed by atoms with van der Waals surface area (Å²) in [5, 5.41) is 8.36. The normalized spacial score (nSPS) is 9.93. The van der Waals surface area contributed by atoms with E-state index in [1.165, 1.54) is 0 Å². The van der Waals surface area contributed by atoms with Crippen molar-refractivity contribution in [3.05, 3.63) is 0 Å². The molecule has 0 aromatic rings. The first-order valence-corrected chi connectivity index (χ1v) is 5.20. The lowest BCUT2D eigenvalue weighted by Crippen LogP contribution is -1.96. The van der Waals surface area contributed by atoms with Gasteiger partial charge in [0, 0.05) is 17.4 Å². The third kappa shape index (κ3) is 10.8. The molecule has 0 saturated carbocycles. The zero-order chi connectivity index (χ0) is 11.5. The number of halogens is 1. The Morgan fingerprint density at radius 1 is 0.933 bits per heavy atom. The van der Waals surface area contributed by atoms with Gasteiger partial charge in [-0.15, -0.1) is 0 Å². The molecular weight excluding hydrogens is 203 g/mol. The van der Waals surface area contributed by atoms with Crippen LogP contribution in [0.15, 0.2) is 0 Å². The zero-order valence-electron chi connectivity index (χ0n) is 8.71. The van der Waals surface area contributed by atoms with Crippen LogP contribution < -0.4 is 0 Å². The molecule has 0 spiro atoms. The largest absolute Gasteiger partial charge is 0.481 e. The highest BCUT2D eigenvalue weighted by Crippen LogP contribution is 2.08. The molecule has 0 saturated heterocycles. The summed E-state index contributed by atoms with van der Waals surface area (Å²) in [6.45, 7) is 0. The van der Waals surface area contributed by atoms with Gasteiger partial charge < -0.3 is 5.11 Å². The van der Waals surface area contributed by atoms with Crippen molar-refractivity contribution in [1.29, 1.82) is 0 Å². The van der Waals surface area contributed by atoms with E-state index in [-0.39, 0.29) is 12.8 Å². The van der Waals surface area contributed by atoms with Gasteiger partial charge in [0.05, 0.1) is 0 Å². The Kier molecular flexibility index (Phi) is 8.72. The van der Waals surface area contributed by atoms with Crippen LogP contribution in [0.4, 0.5) is 4.53 Å². The quantitative estimate of drug-likeness (QED) is 0.606. The van der Waals surface area contributed by atoms with E-state index in [9.17, 15) is 14.1 Å². The van der Waals surface area contributed by atoms with Crippen LogP contribution in [-0.4, -0.2) is 17.0 Å². The fourth-order valence-electron chi connectivity index (χ4n) is 1.29. The van der Waals surface area contributed by atoms with Crippen molar-refractivity contribution < 1.29 is 24.2 Å². The molecule has 0 rings (SSSR count). The highest BCUT2D eigenvalue weighted by atomic mass is 19.3. The van der Waals surface area contributed by atoms with Gasteiger partial charge in [0.25, 0.3) is 0 Å². The van der Waals surface area contributed by atoms with Crippen molar-refractivity contribution in [3.8, 4) is 0 Å². The lowest BCUT2D eigenvalue weighted by molar-refractivity contribution is -0.183. The van der Waals surface area contributed by atoms with Crippen LogP contribution >= 0.6 is 0 Å². The Morgan fingerprint density at radius 3 is 1.87 bits per heavy atom. The SMILES string of the molecule is O=C(O)CCCCCCCCC(=O)OF. The average molecular weight is 220 g/mol. The molecule has 0 bridgehead atoms. The molecule has 1 N–H and O–H groups in total. The summed E-state index contributed by atoms with van der Waals surface area (Å²) in [4.78, 5) is 23.5. The third-order valence-corrected chi connectivity index (χ3v) is 2.11. The van der Waals surface area contributed by atoms with E-state index in [0.29, 0.717) is 12.8 Å². The number of carbonyl (C=O) groups is 2. The highest BCUT2D eigenvalue weighted by Gasteiger charge is 2.02. The monoisotopic (exact) mass is 220 g/mol. The van der Waals surface area contributed by atoms with Crippen LogP contribution in [0.3, 0.4) is 0 Å². The predicted molar refractivity (Wildman–Crippen MR) is 51.8 cm³/mol. The molecule has 0 aliphatic carbocycles. The molecule has 0 aromatic heterocycles. The molecule has 4 nitrogen and oxygen atoms in total. The lowest BCUT2D eigenvalue weighted by atomic mass is 10.1. The molecule has 0 unspecified atom stereocenters. The topological polar surface area (TPSA) is 63.6 Å². The van der Waals surface area contributed by atoms with Crippen LogP contribution in [0, 0.1) is 0 Å². The first-order valence-electron chi connectivity index (χ1n) is 5.20. The summed E-state index contributed by atoms with van der Waals surface area (Å²) in [7, 11) is 0. The molecular formula is C10H17FO4. The first-order chi connectivity index (χ1) is 7.16. The number of unbranched alkanes of at least 4 members (excludes halogenated alkanes) is 5. The zero-order valence-corrected chi connectivity index (χ0v) is 8.71. The van der Waals surface area contributed by atoms with E-state index in [2.05, 4.69) is 4.94 Å². The Hall–Kier alpha value is -1.13. The molecule has 88 valence electrons. The molecule has 0 radical (unpaired) electrons. The molecule has 0 atom stereocenters. The predicted octanol–water partition coefficient (Wildman–Crippen LogP) is 2.62. The van der Waals surface area contributed by atoms with Gasteiger partial charge in [-0.05, 0) is 12.8 Å². The second-order valence-corrected chi connectivity index (χ2v) is 3.46. The number of carboxylic acid groups (broad SMARTS) is 1. The van der Waals surface area contributed by atoms with E-state index in [0.717, 1.165) is 25.7 Å². The third-order valence-electron chi connectivity index (χ3n) is 2.11. The van der Waals surface area contributed by atoms with Gasteiger partial charge in [0.2, 0.25) is 0 Å². The van der Waals surface area contributed by atoms with Crippen LogP contribution in [-0.2, 0) is 14.5 Å². The van der Waals surface area contributed by atoms with Crippen LogP contribution in [0.1, 0.15) is 51.4 Å². The highest BCUT2D eigenvalue weighted by molar-refractivity contribution is 5.68. The van der Waals surface area contributed by atoms with E-state index in [1.807, 2.05) is 0 Å². The number of hydrogen-bond acceptors (Lipinski definition) is 3. The Labute approximate surface area is 88.3 Å². The fourth-order valence-corrected chi connectivity index (χ4v) is 1.29. The summed E-state index contributed by atoms with van der Waals surface area (Å²) in [6.07, 6.45) is 5.29. The maximum atomic E-state index is 11.2. The second kappa shape index (κ2) is 9.43. The van der Waals surface area contributed by atoms with Gasteiger partial charge in [-0.1, -0.05) is 25.7 Å². The molecule has 0 aliphatic rings. The van der Waals surface area contributed by atoms with Gasteiger partial charge in [-0.2, -0.15) is 0 Å². The van der Waals surface area contributed by atoms with Gasteiger partial charge in [0.15, 0.2) is 0 Å². The number of aliphatic carboxylic acids is 1. The van der Waals surface area contributed by atoms with Crippen molar-refractivity contribution in [1.82, 2.24) is 0 Å². The maximum Gasteiger partial charge on any atom is 0.348 e. The molecule has 15 heavy (non-hydrogen) atoms. The van der Waals surface area contributed by atoms with Crippen molar-refractivity contribution in [2.45, 2.75) is 51.4 Å². The van der Waals surface area contributed by atoms with E-state index in [4.69, 9.17) is 5.11 Å². The van der Waals surface area contributed by atoms with E-state index >= 15 is 0 Å². The summed E-state index contributed by atoms with van der Waals surface area (Å²) < 4.78 is 11.2. The Morgan fingerprint density at radius 2 is 1.40 bits per heavy atom. The van der Waals surface area contributed by atoms with Crippen molar-refractivity contribution in [3.63, 3.8) is 0 Å². The Balaban J connectivity index is 3.05. The molecule has 5 heteroatoms. The second-order valence-electron chi connectivity index (χ2n) is 3.46. The number of hydrogen-bond donors (Lipinski definition) is 1. The number of carbonyl (C=O) groups excluding carboxylic acids is 1. The van der Waals surface area contributed by atoms with E-state index in [1.54, 1.807) is 0 Å². The van der Waals surface area contributed by atoms with Crippen molar-refractivity contribution in [2.75, 3.05) is 0 Å². The molecule has 0 aliphatic heterocycles. The standard InChI is InChI=1S/C10H17FO4/c11-15-10(14)8-6-4-2-1-3-5-7-9(12)13/h1-8H2,(H,12,13). The van der Waals surface area contributed by atoms with Gasteiger partial charge in [-0.3, -0.25) is 9.74 Å². The minimum atomic E-state index is -0.819. The van der Waals surface area contributed by atoms with Crippen LogP contribution in [0.25, 0.3) is 0 Å². The molecule has 0 amide bonds. The summed E-state index contributed by atoms with van der Waals surface area (Å²) in [5.41, 5.74) is 0. The van der Waals surface area contributed by atoms with Crippen molar-refractivity contribution >= 4 is 11.9 Å². The van der Waals surface area contributed by atoms with Gasteiger partial charge in [-0.25, -0.2) is 4.79 Å². The fraction of sp³-hybridized carbons (Fsp3) is 0.800. The summed E-state index contributed by atoms with van der Waals surface area (Å²) >= 11 is 0. The maximum absolute atomic E-state index is 11.2. The van der Waals surface area contributed by atoms with E-state index < -0.39 is 11.9 Å². The smallest absolute Gasteiger partial charge is 0.348 e. The van der Waals surface area contributed by atoms with Crippen molar-refractivity contribution in [2.24, 2.45) is 0 Å². The summed E-state index contributed by atoms with van der Waals surface area (Å²) in [5.74, 6) is -1.58. The lowest BCUT2D eigenvalue weighted by Gasteiger charge is -1.99. The number of rotatable bonds is 9. The minimum absolute atomic E-state index is 0.117. The van der Waals surface area contributed by atoms with Gasteiger partial charge >= 0.3 is 11.9 Å². The first kappa shape index (κ1) is 13.9. The van der Waals surface area contributed by atoms with Crippen LogP contribution in [0.5, 0.6) is 0 Å². The molecule has 0 aromatic carbocycles. The Bertz CT molecular complexity index is 194. The minimum Gasteiger partial charge on any atom is -0.481 e. The average Bonchev–Trinajstić information content (AvgIpc) is 2.21. The molecule has 0 fully saturated rings. The molecule has 0 heterocycles. The number of carboxylic acids is 1. The van der Waals surface area contributed by atoms with Crippen LogP contribution in [0.2, 0.25) is 0 Å². The summed E-state index contributed by atoms with van der Waals surface area (Å²) in [6, 6.07) is 0.